The third-order valence-electron chi connectivity index (χ3n) is 4.09. The number of anilines is 3. The van der Waals surface area contributed by atoms with E-state index in [1.165, 1.54) is 16.9 Å². The Balaban J connectivity index is 1.58. The maximum atomic E-state index is 11.4. The summed E-state index contributed by atoms with van der Waals surface area (Å²) in [5.41, 5.74) is 6.23. The average molecular weight is 375 g/mol. The van der Waals surface area contributed by atoms with Crippen molar-refractivity contribution >= 4 is 43.8 Å². The Morgan fingerprint density at radius 1 is 0.963 bits per heavy atom. The average Bonchev–Trinajstić information content (AvgIpc) is 3.12. The largest absolute Gasteiger partial charge is 0.354 e. The molecule has 134 valence electrons. The second kappa shape index (κ2) is 7.45. The summed E-state index contributed by atoms with van der Waals surface area (Å²) >= 11 is 1.44. The minimum atomic E-state index is -0.458. The van der Waals surface area contributed by atoms with Crippen LogP contribution in [0.2, 0.25) is 0 Å². The Labute approximate surface area is 160 Å². The van der Waals surface area contributed by atoms with Crippen molar-refractivity contribution in [1.29, 1.82) is 0 Å². The first-order valence-electron chi connectivity index (χ1n) is 8.30. The number of aromatic nitrogens is 1. The van der Waals surface area contributed by atoms with E-state index in [4.69, 9.17) is 5.84 Å². The molecule has 0 fully saturated rings. The van der Waals surface area contributed by atoms with Gasteiger partial charge in [-0.3, -0.25) is 15.7 Å². The minimum absolute atomic E-state index is 0.458. The third-order valence-corrected chi connectivity index (χ3v) is 5.07. The number of nitrogens with two attached hydrogens (primary N) is 1. The number of carbonyl (C=O) groups is 1. The molecule has 2 aromatic carbocycles. The third kappa shape index (κ3) is 3.74. The van der Waals surface area contributed by atoms with Crippen molar-refractivity contribution in [3.63, 3.8) is 0 Å². The first-order valence-corrected chi connectivity index (χ1v) is 9.12. The summed E-state index contributed by atoms with van der Waals surface area (Å²) in [6, 6.07) is 19.9. The summed E-state index contributed by atoms with van der Waals surface area (Å²) in [5, 5.41) is 7.76. The van der Waals surface area contributed by atoms with E-state index in [1.54, 1.807) is 12.4 Å². The molecule has 0 atom stereocenters. The highest BCUT2D eigenvalue weighted by Gasteiger charge is 2.09. The molecule has 0 aliphatic rings. The van der Waals surface area contributed by atoms with Crippen molar-refractivity contribution in [3.05, 3.63) is 73.1 Å². The van der Waals surface area contributed by atoms with Gasteiger partial charge in [0, 0.05) is 17.3 Å². The van der Waals surface area contributed by atoms with Crippen LogP contribution in [-0.4, -0.2) is 11.0 Å². The first-order chi connectivity index (χ1) is 13.2. The molecule has 7 heteroatoms. The van der Waals surface area contributed by atoms with Gasteiger partial charge in [0.15, 0.2) is 0 Å². The van der Waals surface area contributed by atoms with Gasteiger partial charge < -0.3 is 5.32 Å². The van der Waals surface area contributed by atoms with Crippen LogP contribution < -0.4 is 21.9 Å². The number of urea groups is 1. The summed E-state index contributed by atoms with van der Waals surface area (Å²) in [6.07, 6.45) is 3.54. The monoisotopic (exact) mass is 375 g/mol. The number of thiophene rings is 1. The molecular weight excluding hydrogens is 358 g/mol. The highest BCUT2D eigenvalue weighted by molar-refractivity contribution is 7.23. The fraction of sp³-hybridized carbons (Fsp3) is 0. The molecule has 6 nitrogen and oxygen atoms in total. The fourth-order valence-corrected chi connectivity index (χ4v) is 3.75. The van der Waals surface area contributed by atoms with Crippen molar-refractivity contribution in [3.8, 4) is 11.1 Å². The molecule has 5 N–H and O–H groups in total. The Morgan fingerprint density at radius 2 is 1.70 bits per heavy atom. The molecule has 27 heavy (non-hydrogen) atoms. The first kappa shape index (κ1) is 17.0. The van der Waals surface area contributed by atoms with Gasteiger partial charge in [-0.1, -0.05) is 42.5 Å². The van der Waals surface area contributed by atoms with Crippen LogP contribution >= 0.6 is 11.3 Å². The number of hydrogen-bond acceptors (Lipinski definition) is 5. The molecule has 0 aliphatic carbocycles. The van der Waals surface area contributed by atoms with Gasteiger partial charge in [-0.25, -0.2) is 10.6 Å². The van der Waals surface area contributed by atoms with E-state index in [2.05, 4.69) is 45.3 Å². The lowest BCUT2D eigenvalue weighted by atomic mass is 10.1. The van der Waals surface area contributed by atoms with Crippen molar-refractivity contribution < 1.29 is 4.79 Å². The molecular formula is C20H17N5OS. The van der Waals surface area contributed by atoms with Gasteiger partial charge in [0.2, 0.25) is 0 Å². The van der Waals surface area contributed by atoms with Crippen LogP contribution in [0.3, 0.4) is 0 Å². The van der Waals surface area contributed by atoms with Crippen LogP contribution in [0.4, 0.5) is 21.2 Å². The fourth-order valence-electron chi connectivity index (χ4n) is 2.80. The summed E-state index contributed by atoms with van der Waals surface area (Å²) in [4.78, 5) is 15.7. The van der Waals surface area contributed by atoms with Crippen LogP contribution in [0.25, 0.3) is 21.2 Å². The molecule has 0 spiro atoms. The SMILES string of the molecule is NNC(=O)Nc1cc2c(Nc3ccc(-c4ccccc4)cc3)cncc2s1. The van der Waals surface area contributed by atoms with Crippen molar-refractivity contribution in [2.24, 2.45) is 5.84 Å². The van der Waals surface area contributed by atoms with Crippen molar-refractivity contribution in [1.82, 2.24) is 10.4 Å². The highest BCUT2D eigenvalue weighted by Crippen LogP contribution is 2.35. The lowest BCUT2D eigenvalue weighted by Gasteiger charge is -2.08. The van der Waals surface area contributed by atoms with E-state index < -0.39 is 6.03 Å². The summed E-state index contributed by atoms with van der Waals surface area (Å²) in [5.74, 6) is 5.12. The van der Waals surface area contributed by atoms with E-state index in [0.717, 1.165) is 27.0 Å². The Kier molecular flexibility index (Phi) is 4.69. The van der Waals surface area contributed by atoms with Gasteiger partial charge in [-0.05, 0) is 29.3 Å². The van der Waals surface area contributed by atoms with Gasteiger partial charge in [-0.15, -0.1) is 11.3 Å². The standard InChI is InChI=1S/C20H17N5OS/c21-25-20(26)24-19-10-16-17(11-22-12-18(16)27-19)23-15-8-6-14(7-9-15)13-4-2-1-3-5-13/h1-12,23H,21H2,(H2,24,25,26). The number of pyridine rings is 1. The van der Waals surface area contributed by atoms with E-state index in [1.807, 2.05) is 36.4 Å². The van der Waals surface area contributed by atoms with Crippen LogP contribution in [0.5, 0.6) is 0 Å². The van der Waals surface area contributed by atoms with Crippen molar-refractivity contribution in [2.45, 2.75) is 0 Å². The van der Waals surface area contributed by atoms with Gasteiger partial charge in [-0.2, -0.15) is 0 Å². The minimum Gasteiger partial charge on any atom is -0.354 e. The van der Waals surface area contributed by atoms with E-state index >= 15 is 0 Å². The molecule has 0 bridgehead atoms. The zero-order chi connectivity index (χ0) is 18.6. The molecule has 4 rings (SSSR count). The zero-order valence-corrected chi connectivity index (χ0v) is 15.1. The molecule has 2 heterocycles. The molecule has 4 aromatic rings. The van der Waals surface area contributed by atoms with Gasteiger partial charge in [0.25, 0.3) is 0 Å². The smallest absolute Gasteiger partial charge is 0.333 e. The molecule has 0 saturated carbocycles. The Morgan fingerprint density at radius 3 is 2.44 bits per heavy atom. The van der Waals surface area contributed by atoms with Gasteiger partial charge >= 0.3 is 6.03 Å². The van der Waals surface area contributed by atoms with Gasteiger partial charge in [0.1, 0.15) is 0 Å². The lowest BCUT2D eigenvalue weighted by molar-refractivity contribution is 0.252. The molecule has 0 saturated heterocycles. The number of nitrogens with one attached hydrogen (secondary N) is 3. The predicted octanol–water partition coefficient (Wildman–Crippen LogP) is 4.70. The van der Waals surface area contributed by atoms with Gasteiger partial charge in [0.05, 0.1) is 21.6 Å². The number of carbonyl (C=O) groups excluding carboxylic acids is 1. The Hall–Kier alpha value is -3.42. The quantitative estimate of drug-likeness (QED) is 0.236. The molecule has 0 unspecified atom stereocenters. The lowest BCUT2D eigenvalue weighted by Crippen LogP contribution is -2.34. The van der Waals surface area contributed by atoms with E-state index in [-0.39, 0.29) is 0 Å². The van der Waals surface area contributed by atoms with Crippen molar-refractivity contribution in [2.75, 3.05) is 10.6 Å². The normalized spacial score (nSPS) is 10.6. The molecule has 2 aromatic heterocycles. The summed E-state index contributed by atoms with van der Waals surface area (Å²) in [6.45, 7) is 0. The number of fused-ring (bicyclic) bond motifs is 1. The second-order valence-corrected chi connectivity index (χ2v) is 6.96. The second-order valence-electron chi connectivity index (χ2n) is 5.88. The summed E-state index contributed by atoms with van der Waals surface area (Å²) in [7, 11) is 0. The van der Waals surface area contributed by atoms with E-state index in [9.17, 15) is 4.79 Å². The van der Waals surface area contributed by atoms with Crippen LogP contribution in [0, 0.1) is 0 Å². The maximum absolute atomic E-state index is 11.4. The van der Waals surface area contributed by atoms with Crippen LogP contribution in [-0.2, 0) is 0 Å². The van der Waals surface area contributed by atoms with E-state index in [0.29, 0.717) is 5.00 Å². The molecule has 0 radical (unpaired) electrons. The number of nitrogens with zero attached hydrogens (tertiary/aromatic N) is 1. The topological polar surface area (TPSA) is 92.1 Å². The Bertz CT molecular complexity index is 1080. The zero-order valence-electron chi connectivity index (χ0n) is 14.3. The highest BCUT2D eigenvalue weighted by atomic mass is 32.1. The maximum Gasteiger partial charge on any atom is 0.333 e. The van der Waals surface area contributed by atoms with Crippen LogP contribution in [0.1, 0.15) is 0 Å². The molecule has 2 amide bonds. The number of amides is 2. The number of hydrogen-bond donors (Lipinski definition) is 4. The number of hydrazine groups is 1. The summed E-state index contributed by atoms with van der Waals surface area (Å²) < 4.78 is 0.966. The predicted molar refractivity (Wildman–Crippen MR) is 111 cm³/mol. The number of rotatable bonds is 4. The van der Waals surface area contributed by atoms with Crippen LogP contribution in [0.15, 0.2) is 73.1 Å². The molecule has 0 aliphatic heterocycles. The number of benzene rings is 2.